The first kappa shape index (κ1) is 18.5. The number of carbonyl (C=O) groups excluding carboxylic acids is 2. The van der Waals surface area contributed by atoms with Gasteiger partial charge in [-0.05, 0) is 51.3 Å². The standard InChI is InChI=1S/C16H24ClN3O2/c1-13(21)20(15-7-5-14(17)6-8-15)12-9-16(22)18-10-4-11-19(2)3/h5-8H,4,9-12H2,1-3H3,(H,18,22). The summed E-state index contributed by atoms with van der Waals surface area (Å²) >= 11 is 5.85. The normalized spacial score (nSPS) is 10.6. The van der Waals surface area contributed by atoms with Crippen molar-refractivity contribution in [3.8, 4) is 0 Å². The van der Waals surface area contributed by atoms with E-state index in [1.165, 1.54) is 6.92 Å². The number of nitrogens with zero attached hydrogens (tertiary/aromatic N) is 2. The smallest absolute Gasteiger partial charge is 0.223 e. The van der Waals surface area contributed by atoms with Gasteiger partial charge in [-0.25, -0.2) is 0 Å². The average molecular weight is 326 g/mol. The Balaban J connectivity index is 2.43. The molecule has 5 nitrogen and oxygen atoms in total. The highest BCUT2D eigenvalue weighted by atomic mass is 35.5. The molecule has 0 unspecified atom stereocenters. The van der Waals surface area contributed by atoms with E-state index >= 15 is 0 Å². The number of rotatable bonds is 8. The molecule has 2 amide bonds. The molecule has 1 rings (SSSR count). The van der Waals surface area contributed by atoms with Gasteiger partial charge in [0.15, 0.2) is 0 Å². The lowest BCUT2D eigenvalue weighted by Crippen LogP contribution is -2.34. The van der Waals surface area contributed by atoms with Gasteiger partial charge in [0.1, 0.15) is 0 Å². The van der Waals surface area contributed by atoms with Crippen molar-refractivity contribution in [3.05, 3.63) is 29.3 Å². The number of hydrogen-bond acceptors (Lipinski definition) is 3. The molecule has 22 heavy (non-hydrogen) atoms. The van der Waals surface area contributed by atoms with E-state index in [4.69, 9.17) is 11.6 Å². The second kappa shape index (κ2) is 9.43. The molecule has 0 aromatic heterocycles. The molecule has 6 heteroatoms. The van der Waals surface area contributed by atoms with Crippen molar-refractivity contribution in [2.45, 2.75) is 19.8 Å². The van der Waals surface area contributed by atoms with Crippen LogP contribution in [0.2, 0.25) is 5.02 Å². The maximum absolute atomic E-state index is 11.8. The molecular formula is C16H24ClN3O2. The highest BCUT2D eigenvalue weighted by Crippen LogP contribution is 2.18. The van der Waals surface area contributed by atoms with Crippen molar-refractivity contribution < 1.29 is 9.59 Å². The molecule has 1 aromatic rings. The lowest BCUT2D eigenvalue weighted by molar-refractivity contribution is -0.121. The Kier molecular flexibility index (Phi) is 7.91. The Morgan fingerprint density at radius 2 is 1.77 bits per heavy atom. The zero-order valence-corrected chi connectivity index (χ0v) is 14.2. The molecule has 0 spiro atoms. The molecule has 0 fully saturated rings. The van der Waals surface area contributed by atoms with Crippen LogP contribution in [0, 0.1) is 0 Å². The van der Waals surface area contributed by atoms with Crippen LogP contribution in [-0.2, 0) is 9.59 Å². The number of carbonyl (C=O) groups is 2. The van der Waals surface area contributed by atoms with Gasteiger partial charge in [0.05, 0.1) is 0 Å². The van der Waals surface area contributed by atoms with E-state index in [1.54, 1.807) is 29.2 Å². The monoisotopic (exact) mass is 325 g/mol. The molecule has 0 aliphatic rings. The van der Waals surface area contributed by atoms with Gasteiger partial charge < -0.3 is 15.1 Å². The number of amides is 2. The zero-order valence-electron chi connectivity index (χ0n) is 13.4. The molecule has 0 saturated heterocycles. The van der Waals surface area contributed by atoms with Gasteiger partial charge in [0.2, 0.25) is 11.8 Å². The molecule has 122 valence electrons. The minimum Gasteiger partial charge on any atom is -0.356 e. The molecule has 0 aliphatic heterocycles. The largest absolute Gasteiger partial charge is 0.356 e. The molecule has 0 radical (unpaired) electrons. The number of nitrogens with one attached hydrogen (secondary N) is 1. The van der Waals surface area contributed by atoms with Crippen LogP contribution >= 0.6 is 11.6 Å². The SMILES string of the molecule is CC(=O)N(CCC(=O)NCCCN(C)C)c1ccc(Cl)cc1. The van der Waals surface area contributed by atoms with Gasteiger partial charge in [0, 0.05) is 37.1 Å². The summed E-state index contributed by atoms with van der Waals surface area (Å²) in [5, 5.41) is 3.48. The van der Waals surface area contributed by atoms with Crippen molar-refractivity contribution in [1.29, 1.82) is 0 Å². The lowest BCUT2D eigenvalue weighted by atomic mass is 10.2. The highest BCUT2D eigenvalue weighted by Gasteiger charge is 2.13. The fraction of sp³-hybridized carbons (Fsp3) is 0.500. The second-order valence-electron chi connectivity index (χ2n) is 5.40. The van der Waals surface area contributed by atoms with E-state index in [1.807, 2.05) is 14.1 Å². The molecule has 1 N–H and O–H groups in total. The summed E-state index contributed by atoms with van der Waals surface area (Å²) in [6, 6.07) is 7.01. The van der Waals surface area contributed by atoms with Gasteiger partial charge >= 0.3 is 0 Å². The van der Waals surface area contributed by atoms with Crippen molar-refractivity contribution in [1.82, 2.24) is 10.2 Å². The summed E-state index contributed by atoms with van der Waals surface area (Å²) in [4.78, 5) is 27.2. The molecule has 0 atom stereocenters. The summed E-state index contributed by atoms with van der Waals surface area (Å²) in [5.74, 6) is -0.137. The van der Waals surface area contributed by atoms with Crippen molar-refractivity contribution >= 4 is 29.1 Å². The Hall–Kier alpha value is -1.59. The second-order valence-corrected chi connectivity index (χ2v) is 5.84. The first-order valence-electron chi connectivity index (χ1n) is 7.35. The van der Waals surface area contributed by atoms with E-state index < -0.39 is 0 Å². The minimum absolute atomic E-state index is 0.0426. The number of halogens is 1. The van der Waals surface area contributed by atoms with E-state index in [-0.39, 0.29) is 18.2 Å². The van der Waals surface area contributed by atoms with E-state index in [2.05, 4.69) is 10.2 Å². The molecule has 1 aromatic carbocycles. The molecular weight excluding hydrogens is 302 g/mol. The highest BCUT2D eigenvalue weighted by molar-refractivity contribution is 6.30. The van der Waals surface area contributed by atoms with Crippen LogP contribution in [0.15, 0.2) is 24.3 Å². The Bertz CT molecular complexity index is 489. The van der Waals surface area contributed by atoms with Crippen LogP contribution in [0.1, 0.15) is 19.8 Å². The van der Waals surface area contributed by atoms with Gasteiger partial charge in [0.25, 0.3) is 0 Å². The number of benzene rings is 1. The Morgan fingerprint density at radius 3 is 2.32 bits per heavy atom. The summed E-state index contributed by atoms with van der Waals surface area (Å²) in [6.07, 6.45) is 1.19. The van der Waals surface area contributed by atoms with Crippen molar-refractivity contribution in [3.63, 3.8) is 0 Å². The topological polar surface area (TPSA) is 52.7 Å². The van der Waals surface area contributed by atoms with Crippen LogP contribution in [-0.4, -0.2) is 50.4 Å². The average Bonchev–Trinajstić information content (AvgIpc) is 2.45. The van der Waals surface area contributed by atoms with Crippen molar-refractivity contribution in [2.24, 2.45) is 0 Å². The molecule has 0 aliphatic carbocycles. The van der Waals surface area contributed by atoms with E-state index in [0.717, 1.165) is 18.7 Å². The lowest BCUT2D eigenvalue weighted by Gasteiger charge is -2.21. The fourth-order valence-electron chi connectivity index (χ4n) is 2.01. The zero-order chi connectivity index (χ0) is 16.5. The van der Waals surface area contributed by atoms with Crippen LogP contribution in [0.5, 0.6) is 0 Å². The Morgan fingerprint density at radius 1 is 1.14 bits per heavy atom. The van der Waals surface area contributed by atoms with Gasteiger partial charge in [-0.2, -0.15) is 0 Å². The summed E-state index contributed by atoms with van der Waals surface area (Å²) in [5.41, 5.74) is 0.748. The maximum Gasteiger partial charge on any atom is 0.223 e. The van der Waals surface area contributed by atoms with Gasteiger partial charge in [-0.3, -0.25) is 9.59 Å². The van der Waals surface area contributed by atoms with Crippen LogP contribution in [0.3, 0.4) is 0 Å². The minimum atomic E-state index is -0.0947. The predicted octanol–water partition coefficient (Wildman–Crippen LogP) is 2.15. The van der Waals surface area contributed by atoms with Crippen LogP contribution in [0.25, 0.3) is 0 Å². The van der Waals surface area contributed by atoms with Crippen molar-refractivity contribution in [2.75, 3.05) is 38.6 Å². The third kappa shape index (κ3) is 6.91. The molecule has 0 bridgehead atoms. The van der Waals surface area contributed by atoms with Crippen LogP contribution in [0.4, 0.5) is 5.69 Å². The quantitative estimate of drug-likeness (QED) is 0.745. The summed E-state index contributed by atoms with van der Waals surface area (Å²) < 4.78 is 0. The molecule has 0 saturated carbocycles. The molecule has 0 heterocycles. The summed E-state index contributed by atoms with van der Waals surface area (Å²) in [7, 11) is 4.00. The number of hydrogen-bond donors (Lipinski definition) is 1. The first-order valence-corrected chi connectivity index (χ1v) is 7.73. The predicted molar refractivity (Wildman–Crippen MR) is 90.3 cm³/mol. The third-order valence-corrected chi connectivity index (χ3v) is 3.44. The number of anilines is 1. The fourth-order valence-corrected chi connectivity index (χ4v) is 2.14. The summed E-state index contributed by atoms with van der Waals surface area (Å²) in [6.45, 7) is 3.43. The third-order valence-electron chi connectivity index (χ3n) is 3.19. The van der Waals surface area contributed by atoms with E-state index in [0.29, 0.717) is 18.1 Å². The van der Waals surface area contributed by atoms with Gasteiger partial charge in [-0.15, -0.1) is 0 Å². The van der Waals surface area contributed by atoms with Gasteiger partial charge in [-0.1, -0.05) is 11.6 Å². The maximum atomic E-state index is 11.8. The van der Waals surface area contributed by atoms with E-state index in [9.17, 15) is 9.59 Å². The Labute approximate surface area is 137 Å². The first-order chi connectivity index (χ1) is 10.4. The van der Waals surface area contributed by atoms with Crippen LogP contribution < -0.4 is 10.2 Å².